The van der Waals surface area contributed by atoms with Gasteiger partial charge in [-0.25, -0.2) is 4.72 Å². The molecule has 2 atom stereocenters. The molecule has 5 nitrogen and oxygen atoms in total. The molecule has 1 aliphatic rings. The Bertz CT molecular complexity index is 292. The molecule has 1 aliphatic heterocycles. The second kappa shape index (κ2) is 5.25. The highest BCUT2D eigenvalue weighted by Gasteiger charge is 2.30. The first-order chi connectivity index (χ1) is 6.97. The monoisotopic (exact) mass is 236 g/mol. The number of piperidine rings is 1. The quantitative estimate of drug-likeness (QED) is 0.718. The topological polar surface area (TPSA) is 69.6 Å². The predicted molar refractivity (Wildman–Crippen MR) is 58.6 cm³/mol. The number of hydrogen-bond acceptors (Lipinski definition) is 3. The summed E-state index contributed by atoms with van der Waals surface area (Å²) in [6.07, 6.45) is 0.932. The Labute approximate surface area is 91.7 Å². The summed E-state index contributed by atoms with van der Waals surface area (Å²) in [5.74, 6) is 0.0111. The Morgan fingerprint density at radius 1 is 1.53 bits per heavy atom. The number of aliphatic hydroxyl groups is 1. The number of aliphatic hydroxyl groups excluding tert-OH is 1. The maximum atomic E-state index is 11.7. The van der Waals surface area contributed by atoms with E-state index in [1.807, 2.05) is 13.8 Å². The van der Waals surface area contributed by atoms with Gasteiger partial charge in [0.25, 0.3) is 10.2 Å². The normalized spacial score (nSPS) is 29.3. The standard InChI is InChI=1S/C9H20N2O3S/c1-3-5-10-15(13,14)11-6-4-9(12)8(2)7-11/h8-10,12H,3-7H2,1-2H3. The lowest BCUT2D eigenvalue weighted by Gasteiger charge is -2.33. The largest absolute Gasteiger partial charge is 0.393 e. The van der Waals surface area contributed by atoms with Gasteiger partial charge >= 0.3 is 0 Å². The molecule has 0 aromatic heterocycles. The second-order valence-corrected chi connectivity index (χ2v) is 5.85. The van der Waals surface area contributed by atoms with E-state index in [1.54, 1.807) is 0 Å². The number of nitrogens with zero attached hydrogens (tertiary/aromatic N) is 1. The first-order valence-corrected chi connectivity index (χ1v) is 6.84. The molecule has 90 valence electrons. The van der Waals surface area contributed by atoms with Crippen molar-refractivity contribution in [1.29, 1.82) is 0 Å². The van der Waals surface area contributed by atoms with Crippen LogP contribution in [-0.2, 0) is 10.2 Å². The average molecular weight is 236 g/mol. The third-order valence-electron chi connectivity index (χ3n) is 2.70. The third-order valence-corrected chi connectivity index (χ3v) is 4.28. The van der Waals surface area contributed by atoms with E-state index in [2.05, 4.69) is 4.72 Å². The van der Waals surface area contributed by atoms with Gasteiger partial charge in [0.15, 0.2) is 0 Å². The molecule has 1 saturated heterocycles. The minimum atomic E-state index is -3.33. The molecule has 0 bridgehead atoms. The van der Waals surface area contributed by atoms with Gasteiger partial charge < -0.3 is 5.11 Å². The number of rotatable bonds is 4. The molecule has 0 aliphatic carbocycles. The molecular weight excluding hydrogens is 216 g/mol. The molecule has 2 unspecified atom stereocenters. The van der Waals surface area contributed by atoms with E-state index in [0.29, 0.717) is 26.1 Å². The fourth-order valence-corrected chi connectivity index (χ4v) is 3.06. The summed E-state index contributed by atoms with van der Waals surface area (Å²) in [6.45, 7) is 5.07. The van der Waals surface area contributed by atoms with Crippen molar-refractivity contribution in [3.05, 3.63) is 0 Å². The van der Waals surface area contributed by atoms with Crippen LogP contribution < -0.4 is 4.72 Å². The van der Waals surface area contributed by atoms with E-state index in [0.717, 1.165) is 6.42 Å². The highest BCUT2D eigenvalue weighted by atomic mass is 32.2. The summed E-state index contributed by atoms with van der Waals surface area (Å²) in [6, 6.07) is 0. The van der Waals surface area contributed by atoms with Crippen molar-refractivity contribution in [3.63, 3.8) is 0 Å². The smallest absolute Gasteiger partial charge is 0.279 e. The van der Waals surface area contributed by atoms with Crippen molar-refractivity contribution < 1.29 is 13.5 Å². The molecule has 2 N–H and O–H groups in total. The van der Waals surface area contributed by atoms with Crippen LogP contribution in [0.1, 0.15) is 26.7 Å². The summed E-state index contributed by atoms with van der Waals surface area (Å²) in [7, 11) is -3.33. The Morgan fingerprint density at radius 3 is 2.73 bits per heavy atom. The van der Waals surface area contributed by atoms with Gasteiger partial charge in [-0.2, -0.15) is 12.7 Å². The van der Waals surface area contributed by atoms with E-state index in [9.17, 15) is 13.5 Å². The summed E-state index contributed by atoms with van der Waals surface area (Å²) >= 11 is 0. The summed E-state index contributed by atoms with van der Waals surface area (Å²) < 4.78 is 27.4. The molecule has 0 aromatic carbocycles. The molecule has 0 radical (unpaired) electrons. The van der Waals surface area contributed by atoms with Crippen molar-refractivity contribution in [2.45, 2.75) is 32.8 Å². The third kappa shape index (κ3) is 3.41. The Balaban J connectivity index is 2.57. The molecule has 1 fully saturated rings. The minimum absolute atomic E-state index is 0.0111. The predicted octanol–water partition coefficient (Wildman–Crippen LogP) is -0.0665. The first-order valence-electron chi connectivity index (χ1n) is 5.40. The maximum Gasteiger partial charge on any atom is 0.279 e. The minimum Gasteiger partial charge on any atom is -0.393 e. The van der Waals surface area contributed by atoms with Crippen LogP contribution in [0.5, 0.6) is 0 Å². The lowest BCUT2D eigenvalue weighted by atomic mass is 9.99. The van der Waals surface area contributed by atoms with E-state index < -0.39 is 10.2 Å². The van der Waals surface area contributed by atoms with Gasteiger partial charge in [-0.05, 0) is 18.8 Å². The molecular formula is C9H20N2O3S. The van der Waals surface area contributed by atoms with Crippen molar-refractivity contribution >= 4 is 10.2 Å². The molecule has 15 heavy (non-hydrogen) atoms. The fourth-order valence-electron chi connectivity index (χ4n) is 1.64. The van der Waals surface area contributed by atoms with Crippen LogP contribution in [0.15, 0.2) is 0 Å². The van der Waals surface area contributed by atoms with Crippen molar-refractivity contribution in [2.24, 2.45) is 5.92 Å². The molecule has 1 heterocycles. The first kappa shape index (κ1) is 12.9. The van der Waals surface area contributed by atoms with Crippen molar-refractivity contribution in [2.75, 3.05) is 19.6 Å². The van der Waals surface area contributed by atoms with Crippen LogP contribution in [-0.4, -0.2) is 43.6 Å². The Kier molecular flexibility index (Phi) is 4.51. The second-order valence-electron chi connectivity index (χ2n) is 4.09. The van der Waals surface area contributed by atoms with Gasteiger partial charge in [0.1, 0.15) is 0 Å². The van der Waals surface area contributed by atoms with Gasteiger partial charge in [0.2, 0.25) is 0 Å². The highest BCUT2D eigenvalue weighted by Crippen LogP contribution is 2.18. The van der Waals surface area contributed by atoms with Gasteiger partial charge in [0, 0.05) is 19.6 Å². The number of hydrogen-bond donors (Lipinski definition) is 2. The summed E-state index contributed by atoms with van der Waals surface area (Å²) in [4.78, 5) is 0. The molecule has 0 spiro atoms. The Morgan fingerprint density at radius 2 is 2.20 bits per heavy atom. The van der Waals surface area contributed by atoms with Crippen LogP contribution in [0.2, 0.25) is 0 Å². The van der Waals surface area contributed by atoms with Gasteiger partial charge in [0.05, 0.1) is 6.10 Å². The van der Waals surface area contributed by atoms with Crippen LogP contribution in [0, 0.1) is 5.92 Å². The van der Waals surface area contributed by atoms with Crippen LogP contribution in [0.3, 0.4) is 0 Å². The fraction of sp³-hybridized carbons (Fsp3) is 1.00. The van der Waals surface area contributed by atoms with E-state index in [4.69, 9.17) is 0 Å². The maximum absolute atomic E-state index is 11.7. The lowest BCUT2D eigenvalue weighted by molar-refractivity contribution is 0.0625. The van der Waals surface area contributed by atoms with Gasteiger partial charge in [-0.3, -0.25) is 0 Å². The summed E-state index contributed by atoms with van der Waals surface area (Å²) in [5.41, 5.74) is 0. The molecule has 0 saturated carbocycles. The molecule has 0 aromatic rings. The summed E-state index contributed by atoms with van der Waals surface area (Å²) in [5, 5.41) is 9.50. The zero-order valence-corrected chi connectivity index (χ0v) is 10.1. The van der Waals surface area contributed by atoms with Gasteiger partial charge in [-0.15, -0.1) is 0 Å². The zero-order chi connectivity index (χ0) is 11.5. The average Bonchev–Trinajstić information content (AvgIpc) is 2.19. The van der Waals surface area contributed by atoms with E-state index in [1.165, 1.54) is 4.31 Å². The van der Waals surface area contributed by atoms with Crippen LogP contribution in [0.25, 0.3) is 0 Å². The van der Waals surface area contributed by atoms with Crippen LogP contribution >= 0.6 is 0 Å². The van der Waals surface area contributed by atoms with E-state index >= 15 is 0 Å². The van der Waals surface area contributed by atoms with Gasteiger partial charge in [-0.1, -0.05) is 13.8 Å². The zero-order valence-electron chi connectivity index (χ0n) is 9.31. The molecule has 6 heteroatoms. The SMILES string of the molecule is CCCNS(=O)(=O)N1CCC(O)C(C)C1. The Hall–Kier alpha value is -0.170. The number of nitrogens with one attached hydrogen (secondary N) is 1. The molecule has 0 amide bonds. The highest BCUT2D eigenvalue weighted by molar-refractivity contribution is 7.87. The van der Waals surface area contributed by atoms with Crippen molar-refractivity contribution in [3.8, 4) is 0 Å². The van der Waals surface area contributed by atoms with Crippen LogP contribution in [0.4, 0.5) is 0 Å². The van der Waals surface area contributed by atoms with Crippen molar-refractivity contribution in [1.82, 2.24) is 9.03 Å². The molecule has 1 rings (SSSR count). The lowest BCUT2D eigenvalue weighted by Crippen LogP contribution is -2.49. The van der Waals surface area contributed by atoms with E-state index in [-0.39, 0.29) is 12.0 Å².